The Balaban J connectivity index is 1.74. The zero-order valence-corrected chi connectivity index (χ0v) is 15.3. The molecule has 126 valence electrons. The van der Waals surface area contributed by atoms with Gasteiger partial charge in [-0.1, -0.05) is 38.1 Å². The second-order valence-corrected chi connectivity index (χ2v) is 7.74. The molecule has 0 aliphatic rings. The third-order valence-electron chi connectivity index (χ3n) is 4.41. The molecule has 0 aliphatic carbocycles. The lowest BCUT2D eigenvalue weighted by Gasteiger charge is -2.21. The van der Waals surface area contributed by atoms with E-state index < -0.39 is 0 Å². The van der Waals surface area contributed by atoms with Crippen molar-refractivity contribution in [3.63, 3.8) is 0 Å². The van der Waals surface area contributed by atoms with Crippen LogP contribution < -0.4 is 5.32 Å². The molecule has 2 aromatic carbocycles. The first-order valence-corrected chi connectivity index (χ1v) is 8.65. The highest BCUT2D eigenvalue weighted by Gasteiger charge is 2.15. The van der Waals surface area contributed by atoms with E-state index in [1.165, 1.54) is 16.6 Å². The molecule has 1 N–H and O–H groups in total. The number of rotatable bonds is 4. The largest absolute Gasteiger partial charge is 0.381 e. The molecule has 3 aromatic rings. The fraction of sp³-hybridized carbons (Fsp3) is 0.381. The van der Waals surface area contributed by atoms with Crippen molar-refractivity contribution in [3.05, 3.63) is 59.9 Å². The fourth-order valence-electron chi connectivity index (χ4n) is 2.88. The first kappa shape index (κ1) is 16.6. The Morgan fingerprint density at radius 2 is 1.75 bits per heavy atom. The van der Waals surface area contributed by atoms with E-state index in [1.54, 1.807) is 0 Å². The van der Waals surface area contributed by atoms with E-state index in [2.05, 4.69) is 92.0 Å². The Bertz CT molecular complexity index is 820. The smallest absolute Gasteiger partial charge is 0.0963 e. The van der Waals surface area contributed by atoms with Gasteiger partial charge in [0, 0.05) is 17.8 Å². The molecular weight excluding hydrogens is 294 g/mol. The van der Waals surface area contributed by atoms with Gasteiger partial charge in [0.1, 0.15) is 0 Å². The maximum absolute atomic E-state index is 4.55. The number of nitrogens with one attached hydrogen (secondary N) is 1. The molecule has 24 heavy (non-hydrogen) atoms. The molecule has 0 bridgehead atoms. The molecule has 0 aliphatic heterocycles. The Labute approximate surface area is 144 Å². The summed E-state index contributed by atoms with van der Waals surface area (Å²) in [6, 6.07) is 15.3. The van der Waals surface area contributed by atoms with Crippen LogP contribution in [0.3, 0.4) is 0 Å². The van der Waals surface area contributed by atoms with E-state index >= 15 is 0 Å². The highest BCUT2D eigenvalue weighted by molar-refractivity contribution is 5.79. The van der Waals surface area contributed by atoms with E-state index in [0.717, 1.165) is 17.7 Å². The van der Waals surface area contributed by atoms with Crippen LogP contribution in [0, 0.1) is 0 Å². The van der Waals surface area contributed by atoms with Crippen LogP contribution >= 0.6 is 0 Å². The predicted octanol–water partition coefficient (Wildman–Crippen LogP) is 5.53. The maximum atomic E-state index is 4.55. The number of anilines is 1. The lowest BCUT2D eigenvalue weighted by atomic mass is 10.0. The Hall–Kier alpha value is -2.29. The number of hydrogen-bond acceptors (Lipinski definition) is 2. The summed E-state index contributed by atoms with van der Waals surface area (Å²) >= 11 is 0. The van der Waals surface area contributed by atoms with Crippen molar-refractivity contribution in [1.82, 2.24) is 9.55 Å². The van der Waals surface area contributed by atoms with Gasteiger partial charge in [0.25, 0.3) is 0 Å². The van der Waals surface area contributed by atoms with Crippen LogP contribution in [-0.4, -0.2) is 9.55 Å². The fourth-order valence-corrected chi connectivity index (χ4v) is 2.88. The topological polar surface area (TPSA) is 29.9 Å². The van der Waals surface area contributed by atoms with Crippen LogP contribution in [0.1, 0.15) is 51.7 Å². The van der Waals surface area contributed by atoms with Crippen molar-refractivity contribution in [2.45, 2.75) is 52.6 Å². The second-order valence-electron chi connectivity index (χ2n) is 7.74. The van der Waals surface area contributed by atoms with Gasteiger partial charge in [-0.05, 0) is 56.0 Å². The Morgan fingerprint density at radius 3 is 2.38 bits per heavy atom. The molecule has 3 heteroatoms. The van der Waals surface area contributed by atoms with Crippen molar-refractivity contribution < 1.29 is 0 Å². The SMILES string of the molecule is CC(C)c1ccc(CNc2ccc3c(c2)ncn3C(C)(C)C)cc1. The summed E-state index contributed by atoms with van der Waals surface area (Å²) in [5, 5.41) is 3.50. The molecule has 0 radical (unpaired) electrons. The third kappa shape index (κ3) is 3.45. The number of aromatic nitrogens is 2. The molecule has 0 saturated heterocycles. The molecule has 3 rings (SSSR count). The summed E-state index contributed by atoms with van der Waals surface area (Å²) in [7, 11) is 0. The molecule has 0 atom stereocenters. The van der Waals surface area contributed by atoms with Crippen molar-refractivity contribution in [2.24, 2.45) is 0 Å². The zero-order chi connectivity index (χ0) is 17.3. The second kappa shape index (κ2) is 6.31. The highest BCUT2D eigenvalue weighted by Crippen LogP contribution is 2.24. The Morgan fingerprint density at radius 1 is 1.04 bits per heavy atom. The first-order chi connectivity index (χ1) is 11.3. The average Bonchev–Trinajstić information content (AvgIpc) is 2.96. The molecule has 0 fully saturated rings. The molecule has 3 nitrogen and oxygen atoms in total. The zero-order valence-electron chi connectivity index (χ0n) is 15.3. The van der Waals surface area contributed by atoms with Crippen molar-refractivity contribution in [2.75, 3.05) is 5.32 Å². The lowest BCUT2D eigenvalue weighted by Crippen LogP contribution is -2.20. The van der Waals surface area contributed by atoms with E-state index in [-0.39, 0.29) is 5.54 Å². The van der Waals surface area contributed by atoms with Crippen LogP contribution in [0.5, 0.6) is 0 Å². The molecule has 0 unspecified atom stereocenters. The van der Waals surface area contributed by atoms with Crippen molar-refractivity contribution in [1.29, 1.82) is 0 Å². The van der Waals surface area contributed by atoms with Gasteiger partial charge in [-0.2, -0.15) is 0 Å². The Kier molecular flexibility index (Phi) is 4.35. The van der Waals surface area contributed by atoms with Gasteiger partial charge in [0.15, 0.2) is 0 Å². The summed E-state index contributed by atoms with van der Waals surface area (Å²) in [6.07, 6.45) is 1.93. The summed E-state index contributed by atoms with van der Waals surface area (Å²) in [4.78, 5) is 4.55. The van der Waals surface area contributed by atoms with Crippen molar-refractivity contribution >= 4 is 16.7 Å². The first-order valence-electron chi connectivity index (χ1n) is 8.65. The van der Waals surface area contributed by atoms with E-state index in [0.29, 0.717) is 5.92 Å². The van der Waals surface area contributed by atoms with Gasteiger partial charge in [0.2, 0.25) is 0 Å². The van der Waals surface area contributed by atoms with Gasteiger partial charge in [-0.25, -0.2) is 4.98 Å². The number of nitrogens with zero attached hydrogens (tertiary/aromatic N) is 2. The van der Waals surface area contributed by atoms with Crippen LogP contribution in [0.2, 0.25) is 0 Å². The molecule has 0 saturated carbocycles. The van der Waals surface area contributed by atoms with Crippen LogP contribution in [0.15, 0.2) is 48.8 Å². The molecule has 1 heterocycles. The quantitative estimate of drug-likeness (QED) is 0.685. The van der Waals surface area contributed by atoms with Crippen LogP contribution in [0.25, 0.3) is 11.0 Å². The minimum absolute atomic E-state index is 0.0435. The van der Waals surface area contributed by atoms with Crippen molar-refractivity contribution in [3.8, 4) is 0 Å². The highest BCUT2D eigenvalue weighted by atomic mass is 15.1. The van der Waals surface area contributed by atoms with E-state index in [1.807, 2.05) is 6.33 Å². The lowest BCUT2D eigenvalue weighted by molar-refractivity contribution is 0.408. The maximum Gasteiger partial charge on any atom is 0.0963 e. The molecular formula is C21H27N3. The average molecular weight is 321 g/mol. The number of benzene rings is 2. The summed E-state index contributed by atoms with van der Waals surface area (Å²) < 4.78 is 2.22. The van der Waals surface area contributed by atoms with Gasteiger partial charge >= 0.3 is 0 Å². The van der Waals surface area contributed by atoms with E-state index in [9.17, 15) is 0 Å². The molecule has 0 amide bonds. The summed E-state index contributed by atoms with van der Waals surface area (Å²) in [6.45, 7) is 11.9. The third-order valence-corrected chi connectivity index (χ3v) is 4.41. The monoisotopic (exact) mass is 321 g/mol. The van der Waals surface area contributed by atoms with Gasteiger partial charge in [-0.15, -0.1) is 0 Å². The number of fused-ring (bicyclic) bond motifs is 1. The van der Waals surface area contributed by atoms with Crippen LogP contribution in [-0.2, 0) is 12.1 Å². The standard InChI is InChI=1S/C21H27N3/c1-15(2)17-8-6-16(7-9-17)13-22-18-10-11-20-19(12-18)23-14-24(20)21(3,4)5/h6-12,14-15,22H,13H2,1-5H3. The number of hydrogen-bond donors (Lipinski definition) is 1. The summed E-state index contributed by atoms with van der Waals surface area (Å²) in [5.41, 5.74) is 6.03. The van der Waals surface area contributed by atoms with Gasteiger partial charge in [0.05, 0.1) is 17.4 Å². The normalized spacial score (nSPS) is 12.1. The number of imidazole rings is 1. The van der Waals surface area contributed by atoms with Gasteiger partial charge < -0.3 is 9.88 Å². The minimum atomic E-state index is 0.0435. The molecule has 0 spiro atoms. The summed E-state index contributed by atoms with van der Waals surface area (Å²) in [5.74, 6) is 0.576. The van der Waals surface area contributed by atoms with Crippen LogP contribution in [0.4, 0.5) is 5.69 Å². The minimum Gasteiger partial charge on any atom is -0.381 e. The van der Waals surface area contributed by atoms with Gasteiger partial charge in [-0.3, -0.25) is 0 Å². The molecule has 1 aromatic heterocycles. The predicted molar refractivity (Wildman–Crippen MR) is 103 cm³/mol. The van der Waals surface area contributed by atoms with E-state index in [4.69, 9.17) is 0 Å².